The van der Waals surface area contributed by atoms with Crippen molar-refractivity contribution < 1.29 is 28.7 Å². The van der Waals surface area contributed by atoms with E-state index >= 15 is 0 Å². The minimum Gasteiger partial charge on any atom is -0.392 e. The number of amides is 2. The number of hydroxylamine groups is 1. The molecule has 0 saturated carbocycles. The molecule has 0 aliphatic carbocycles. The molecule has 9 heteroatoms. The van der Waals surface area contributed by atoms with Crippen LogP contribution in [0.5, 0.6) is 0 Å². The third-order valence-electron chi connectivity index (χ3n) is 4.50. The third kappa shape index (κ3) is 6.37. The molecule has 0 radical (unpaired) electrons. The molecule has 0 aromatic heterocycles. The molecule has 1 unspecified atom stereocenters. The molecule has 0 aliphatic rings. The average molecular weight is 441 g/mol. The summed E-state index contributed by atoms with van der Waals surface area (Å²) in [6.07, 6.45) is -3.14. The van der Waals surface area contributed by atoms with E-state index in [2.05, 4.69) is 29.0 Å². The van der Waals surface area contributed by atoms with Gasteiger partial charge >= 0.3 is 0 Å². The highest BCUT2D eigenvalue weighted by Crippen LogP contribution is 2.18. The summed E-state index contributed by atoms with van der Waals surface area (Å²) in [4.78, 5) is 24.1. The van der Waals surface area contributed by atoms with E-state index in [1.54, 1.807) is 24.3 Å². The van der Waals surface area contributed by atoms with Crippen LogP contribution in [-0.4, -0.2) is 40.1 Å². The van der Waals surface area contributed by atoms with E-state index in [0.717, 1.165) is 18.1 Å². The molecule has 2 amide bonds. The highest BCUT2D eigenvalue weighted by atomic mass is 19.3. The Hall–Kier alpha value is -3.76. The Morgan fingerprint density at radius 3 is 1.97 bits per heavy atom. The summed E-state index contributed by atoms with van der Waals surface area (Å²) < 4.78 is 26.4. The van der Waals surface area contributed by atoms with Gasteiger partial charge in [0.25, 0.3) is 18.2 Å². The van der Waals surface area contributed by atoms with E-state index in [0.29, 0.717) is 5.56 Å². The summed E-state index contributed by atoms with van der Waals surface area (Å²) in [5, 5.41) is 19.9. The molecule has 0 saturated heterocycles. The van der Waals surface area contributed by atoms with Crippen LogP contribution in [0.1, 0.15) is 34.0 Å². The van der Waals surface area contributed by atoms with Crippen molar-refractivity contribution in [2.24, 2.45) is 5.73 Å². The molecule has 7 nitrogen and oxygen atoms in total. The van der Waals surface area contributed by atoms with E-state index in [4.69, 9.17) is 16.0 Å². The normalized spacial score (nSPS) is 13.0. The second kappa shape index (κ2) is 11.0. The van der Waals surface area contributed by atoms with Gasteiger partial charge in [0.2, 0.25) is 0 Å². The van der Waals surface area contributed by atoms with E-state index in [1.165, 1.54) is 29.7 Å². The Balaban J connectivity index is 2.08. The summed E-state index contributed by atoms with van der Waals surface area (Å²) in [5.74, 6) is 8.92. The molecule has 2 aromatic carbocycles. The molecule has 0 spiro atoms. The summed E-state index contributed by atoms with van der Waals surface area (Å²) in [5.41, 5.74) is 6.43. The number of benzene rings is 2. The van der Waals surface area contributed by atoms with Crippen LogP contribution in [0.3, 0.4) is 0 Å². The van der Waals surface area contributed by atoms with Gasteiger partial charge in [0.15, 0.2) is 0 Å². The largest absolute Gasteiger partial charge is 0.392 e. The highest BCUT2D eigenvalue weighted by molar-refractivity contribution is 5.98. The maximum Gasteiger partial charge on any atom is 0.268 e. The van der Waals surface area contributed by atoms with Crippen LogP contribution in [0.4, 0.5) is 8.78 Å². The van der Waals surface area contributed by atoms with Gasteiger partial charge in [-0.05, 0) is 60.7 Å². The number of carbonyl (C=O) groups is 2. The van der Waals surface area contributed by atoms with Gasteiger partial charge < -0.3 is 16.2 Å². The zero-order chi connectivity index (χ0) is 23.7. The number of aliphatic hydroxyl groups is 1. The SMILES string of the molecule is CC(N)(C(F)F)[C@H](NC(=O)c1ccc(C#CC#Cc2ccc(CO)cc2)cc1)C(=O)NO. The zero-order valence-corrected chi connectivity index (χ0v) is 17.0. The Morgan fingerprint density at radius 1 is 1.03 bits per heavy atom. The topological polar surface area (TPSA) is 125 Å². The van der Waals surface area contributed by atoms with E-state index < -0.39 is 29.8 Å². The summed E-state index contributed by atoms with van der Waals surface area (Å²) in [6, 6.07) is 11.0. The first-order valence-electron chi connectivity index (χ1n) is 9.32. The molecule has 6 N–H and O–H groups in total. The first-order valence-corrected chi connectivity index (χ1v) is 9.32. The first kappa shape index (κ1) is 24.5. The number of hydrogen-bond acceptors (Lipinski definition) is 5. The lowest BCUT2D eigenvalue weighted by atomic mass is 9.92. The molecule has 32 heavy (non-hydrogen) atoms. The molecule has 2 aromatic rings. The van der Waals surface area contributed by atoms with Gasteiger partial charge in [0, 0.05) is 16.7 Å². The lowest BCUT2D eigenvalue weighted by Crippen LogP contribution is -2.66. The molecule has 2 atom stereocenters. The molecular formula is C23H21F2N3O4. The lowest BCUT2D eigenvalue weighted by Gasteiger charge is -2.32. The van der Waals surface area contributed by atoms with Crippen LogP contribution in [0, 0.1) is 23.7 Å². The Morgan fingerprint density at radius 2 is 1.53 bits per heavy atom. The van der Waals surface area contributed by atoms with Crippen molar-refractivity contribution in [3.8, 4) is 23.7 Å². The average Bonchev–Trinajstić information content (AvgIpc) is 2.80. The number of hydrogen-bond donors (Lipinski definition) is 5. The Bertz CT molecular complexity index is 1080. The third-order valence-corrected chi connectivity index (χ3v) is 4.50. The minimum absolute atomic E-state index is 0.0470. The number of nitrogens with two attached hydrogens (primary N) is 1. The van der Waals surface area contributed by atoms with Crippen molar-refractivity contribution in [1.82, 2.24) is 10.8 Å². The van der Waals surface area contributed by atoms with E-state index in [-0.39, 0.29) is 12.2 Å². The van der Waals surface area contributed by atoms with Crippen molar-refractivity contribution in [3.63, 3.8) is 0 Å². The zero-order valence-electron chi connectivity index (χ0n) is 17.0. The fraction of sp³-hybridized carbons (Fsp3) is 0.217. The van der Waals surface area contributed by atoms with Crippen molar-refractivity contribution in [2.45, 2.75) is 31.5 Å². The fourth-order valence-electron chi connectivity index (χ4n) is 2.51. The standard InChI is InChI=1S/C23H21F2N3O4/c1-23(26,22(24)25)19(21(31)28-32)27-20(30)18-12-10-16(11-13-18)5-3-2-4-15-6-8-17(14-29)9-7-15/h6-13,19,22,29,32H,14,26H2,1H3,(H,27,30)(H,28,31)/t19-,23?/m1/s1. The van der Waals surface area contributed by atoms with Crippen molar-refractivity contribution in [1.29, 1.82) is 0 Å². The number of halogens is 2. The molecule has 0 fully saturated rings. The molecule has 0 heterocycles. The summed E-state index contributed by atoms with van der Waals surface area (Å²) >= 11 is 0. The van der Waals surface area contributed by atoms with Crippen molar-refractivity contribution in [2.75, 3.05) is 0 Å². The Labute approximate surface area is 183 Å². The van der Waals surface area contributed by atoms with E-state index in [9.17, 15) is 18.4 Å². The molecule has 166 valence electrons. The number of alkyl halides is 2. The van der Waals surface area contributed by atoms with Gasteiger partial charge in [-0.15, -0.1) is 0 Å². The summed E-state index contributed by atoms with van der Waals surface area (Å²) in [7, 11) is 0. The maximum absolute atomic E-state index is 13.2. The second-order valence-corrected chi connectivity index (χ2v) is 6.98. The smallest absolute Gasteiger partial charge is 0.268 e. The number of nitrogens with one attached hydrogen (secondary N) is 2. The van der Waals surface area contributed by atoms with Gasteiger partial charge in [-0.2, -0.15) is 0 Å². The lowest BCUT2D eigenvalue weighted by molar-refractivity contribution is -0.134. The van der Waals surface area contributed by atoms with Crippen LogP contribution >= 0.6 is 0 Å². The predicted octanol–water partition coefficient (Wildman–Crippen LogP) is 1.17. The quantitative estimate of drug-likeness (QED) is 0.262. The summed E-state index contributed by atoms with van der Waals surface area (Å²) in [6.45, 7) is 0.840. The first-order chi connectivity index (χ1) is 15.2. The number of aliphatic hydroxyl groups excluding tert-OH is 1. The maximum atomic E-state index is 13.2. The molecule has 2 rings (SSSR count). The van der Waals surface area contributed by atoms with Crippen LogP contribution in [0.2, 0.25) is 0 Å². The van der Waals surface area contributed by atoms with Gasteiger partial charge in [0.05, 0.1) is 6.61 Å². The molecule has 0 aliphatic heterocycles. The Kier molecular flexibility index (Phi) is 8.45. The van der Waals surface area contributed by atoms with Gasteiger partial charge in [0.1, 0.15) is 11.6 Å². The van der Waals surface area contributed by atoms with Crippen LogP contribution in [0.25, 0.3) is 0 Å². The van der Waals surface area contributed by atoms with Crippen molar-refractivity contribution >= 4 is 11.8 Å². The van der Waals surface area contributed by atoms with Gasteiger partial charge in [-0.3, -0.25) is 14.8 Å². The van der Waals surface area contributed by atoms with Gasteiger partial charge in [-0.1, -0.05) is 24.0 Å². The van der Waals surface area contributed by atoms with Crippen LogP contribution in [-0.2, 0) is 11.4 Å². The van der Waals surface area contributed by atoms with Crippen LogP contribution < -0.4 is 16.5 Å². The number of carbonyl (C=O) groups excluding carboxylic acids is 2. The van der Waals surface area contributed by atoms with E-state index in [1.807, 2.05) is 0 Å². The highest BCUT2D eigenvalue weighted by Gasteiger charge is 2.44. The van der Waals surface area contributed by atoms with Crippen LogP contribution in [0.15, 0.2) is 48.5 Å². The fourth-order valence-corrected chi connectivity index (χ4v) is 2.51. The predicted molar refractivity (Wildman–Crippen MR) is 112 cm³/mol. The van der Waals surface area contributed by atoms with Crippen molar-refractivity contribution in [3.05, 3.63) is 70.8 Å². The minimum atomic E-state index is -3.14. The second-order valence-electron chi connectivity index (χ2n) is 6.98. The molecule has 0 bridgehead atoms. The number of rotatable bonds is 6. The monoisotopic (exact) mass is 441 g/mol. The molecular weight excluding hydrogens is 420 g/mol. The van der Waals surface area contributed by atoms with Gasteiger partial charge in [-0.25, -0.2) is 14.3 Å².